The highest BCUT2D eigenvalue weighted by atomic mass is 16.7. The SMILES string of the molecule is CC(C)(C)C1CN(c2ccnn3cc(B4OC(C)(C)C(C)(C)O4)cc23)CCN1C(=O)O. The summed E-state index contributed by atoms with van der Waals surface area (Å²) in [7, 11) is -0.453. The summed E-state index contributed by atoms with van der Waals surface area (Å²) in [6.45, 7) is 16.2. The molecule has 1 N–H and O–H groups in total. The van der Waals surface area contributed by atoms with E-state index in [4.69, 9.17) is 9.31 Å². The van der Waals surface area contributed by atoms with Crippen LogP contribution in [0.25, 0.3) is 5.52 Å². The van der Waals surface area contributed by atoms with Crippen molar-refractivity contribution in [1.29, 1.82) is 0 Å². The number of carbonyl (C=O) groups is 1. The number of piperazine rings is 1. The van der Waals surface area contributed by atoms with Crippen LogP contribution in [0.1, 0.15) is 48.5 Å². The molecule has 0 aromatic carbocycles. The molecule has 31 heavy (non-hydrogen) atoms. The van der Waals surface area contributed by atoms with Gasteiger partial charge in [0.25, 0.3) is 0 Å². The van der Waals surface area contributed by atoms with Crippen LogP contribution in [-0.4, -0.2) is 69.7 Å². The van der Waals surface area contributed by atoms with E-state index in [2.05, 4.69) is 36.8 Å². The molecule has 0 saturated carbocycles. The van der Waals surface area contributed by atoms with Crippen LogP contribution < -0.4 is 10.4 Å². The van der Waals surface area contributed by atoms with Gasteiger partial charge in [-0.2, -0.15) is 5.10 Å². The zero-order valence-corrected chi connectivity index (χ0v) is 19.5. The lowest BCUT2D eigenvalue weighted by Gasteiger charge is -2.46. The summed E-state index contributed by atoms with van der Waals surface area (Å²) in [6.07, 6.45) is 2.88. The van der Waals surface area contributed by atoms with Crippen molar-refractivity contribution in [3.8, 4) is 0 Å². The Morgan fingerprint density at radius 2 is 1.84 bits per heavy atom. The van der Waals surface area contributed by atoms with Crippen molar-refractivity contribution in [2.45, 2.75) is 65.7 Å². The molecule has 1 atom stereocenters. The first-order valence-electron chi connectivity index (χ1n) is 10.9. The van der Waals surface area contributed by atoms with E-state index in [0.29, 0.717) is 19.6 Å². The second-order valence-electron chi connectivity index (χ2n) is 10.7. The number of aromatic nitrogens is 2. The van der Waals surface area contributed by atoms with Crippen LogP contribution >= 0.6 is 0 Å². The third-order valence-corrected chi connectivity index (χ3v) is 7.00. The zero-order valence-electron chi connectivity index (χ0n) is 19.5. The Bertz CT molecular complexity index is 981. The predicted molar refractivity (Wildman–Crippen MR) is 121 cm³/mol. The molecular weight excluding hydrogens is 395 g/mol. The maximum absolute atomic E-state index is 11.8. The van der Waals surface area contributed by atoms with Crippen LogP contribution in [0.2, 0.25) is 0 Å². The van der Waals surface area contributed by atoms with Gasteiger partial charge in [0.1, 0.15) is 0 Å². The normalized spacial score (nSPS) is 23.6. The highest BCUT2D eigenvalue weighted by molar-refractivity contribution is 6.62. The van der Waals surface area contributed by atoms with Gasteiger partial charge < -0.3 is 24.2 Å². The fourth-order valence-electron chi connectivity index (χ4n) is 4.37. The number of amides is 1. The van der Waals surface area contributed by atoms with Crippen LogP contribution in [0, 0.1) is 5.41 Å². The lowest BCUT2D eigenvalue weighted by molar-refractivity contribution is 0.00578. The summed E-state index contributed by atoms with van der Waals surface area (Å²) in [5, 5.41) is 14.2. The van der Waals surface area contributed by atoms with Crippen molar-refractivity contribution in [2.24, 2.45) is 5.41 Å². The van der Waals surface area contributed by atoms with Gasteiger partial charge in [-0.1, -0.05) is 20.8 Å². The molecule has 2 fully saturated rings. The fourth-order valence-corrected chi connectivity index (χ4v) is 4.37. The van der Waals surface area contributed by atoms with E-state index in [9.17, 15) is 9.90 Å². The van der Waals surface area contributed by atoms with Gasteiger partial charge in [0.05, 0.1) is 28.4 Å². The molecule has 9 heteroatoms. The van der Waals surface area contributed by atoms with Crippen LogP contribution in [0.4, 0.5) is 10.5 Å². The van der Waals surface area contributed by atoms with Crippen LogP contribution in [-0.2, 0) is 9.31 Å². The third-order valence-electron chi connectivity index (χ3n) is 7.00. The molecule has 4 heterocycles. The Morgan fingerprint density at radius 1 is 1.19 bits per heavy atom. The van der Waals surface area contributed by atoms with Crippen molar-refractivity contribution in [3.63, 3.8) is 0 Å². The first-order valence-corrected chi connectivity index (χ1v) is 10.9. The molecule has 0 spiro atoms. The third kappa shape index (κ3) is 3.78. The lowest BCUT2D eigenvalue weighted by Crippen LogP contribution is -2.59. The summed E-state index contributed by atoms with van der Waals surface area (Å²) in [4.78, 5) is 15.6. The molecule has 0 bridgehead atoms. The predicted octanol–water partition coefficient (Wildman–Crippen LogP) is 2.85. The van der Waals surface area contributed by atoms with Gasteiger partial charge in [0, 0.05) is 37.5 Å². The average molecular weight is 428 g/mol. The molecule has 1 amide bonds. The molecule has 0 radical (unpaired) electrons. The minimum Gasteiger partial charge on any atom is -0.465 e. The number of hydrogen-bond acceptors (Lipinski definition) is 5. The molecule has 2 aromatic rings. The van der Waals surface area contributed by atoms with Crippen molar-refractivity contribution < 1.29 is 19.2 Å². The Labute approximate surface area is 184 Å². The van der Waals surface area contributed by atoms with Gasteiger partial charge in [-0.15, -0.1) is 0 Å². The summed E-state index contributed by atoms with van der Waals surface area (Å²) in [5.41, 5.74) is 1.94. The van der Waals surface area contributed by atoms with Crippen molar-refractivity contribution in [3.05, 3.63) is 24.5 Å². The first kappa shape index (κ1) is 22.0. The molecule has 4 rings (SSSR count). The molecule has 2 aliphatic rings. The Morgan fingerprint density at radius 3 is 2.42 bits per heavy atom. The largest absolute Gasteiger partial charge is 0.496 e. The second kappa shape index (κ2) is 7.13. The van der Waals surface area contributed by atoms with Crippen molar-refractivity contribution in [1.82, 2.24) is 14.5 Å². The van der Waals surface area contributed by atoms with E-state index in [1.54, 1.807) is 11.1 Å². The van der Waals surface area contributed by atoms with Gasteiger partial charge in [0.2, 0.25) is 0 Å². The van der Waals surface area contributed by atoms with E-state index >= 15 is 0 Å². The van der Waals surface area contributed by atoms with E-state index in [1.165, 1.54) is 0 Å². The van der Waals surface area contributed by atoms with E-state index in [1.807, 2.05) is 44.5 Å². The highest BCUT2D eigenvalue weighted by Crippen LogP contribution is 2.37. The van der Waals surface area contributed by atoms with Crippen LogP contribution in [0.15, 0.2) is 24.5 Å². The topological polar surface area (TPSA) is 79.5 Å². The molecule has 2 saturated heterocycles. The maximum Gasteiger partial charge on any atom is 0.496 e. The van der Waals surface area contributed by atoms with Gasteiger partial charge in [-0.05, 0) is 45.2 Å². The lowest BCUT2D eigenvalue weighted by atomic mass is 9.81. The number of rotatable bonds is 2. The van der Waals surface area contributed by atoms with E-state index in [-0.39, 0.29) is 11.5 Å². The van der Waals surface area contributed by atoms with Gasteiger partial charge in [-0.25, -0.2) is 9.31 Å². The Kier molecular flexibility index (Phi) is 5.05. The molecular formula is C22H33BN4O4. The van der Waals surface area contributed by atoms with Crippen LogP contribution in [0.3, 0.4) is 0 Å². The fraction of sp³-hybridized carbons (Fsp3) is 0.636. The number of nitrogens with zero attached hydrogens (tertiary/aromatic N) is 4. The Hall–Kier alpha value is -2.26. The minimum atomic E-state index is -0.856. The quantitative estimate of drug-likeness (QED) is 0.742. The molecule has 8 nitrogen and oxygen atoms in total. The monoisotopic (exact) mass is 428 g/mol. The number of anilines is 1. The molecule has 2 aliphatic heterocycles. The maximum atomic E-state index is 11.8. The average Bonchev–Trinajstić information content (AvgIpc) is 3.18. The van der Waals surface area contributed by atoms with Gasteiger partial charge in [0.15, 0.2) is 0 Å². The van der Waals surface area contributed by atoms with Crippen LogP contribution in [0.5, 0.6) is 0 Å². The van der Waals surface area contributed by atoms with Gasteiger partial charge >= 0.3 is 13.2 Å². The molecule has 1 unspecified atom stereocenters. The highest BCUT2D eigenvalue weighted by Gasteiger charge is 2.52. The standard InChI is InChI=1S/C22H33BN4O4/c1-20(2,3)18-14-25(10-11-26(18)19(28)29)16-8-9-24-27-13-15(12-17(16)27)23-30-21(4,5)22(6,7)31-23/h8-9,12-13,18H,10-11,14H2,1-7H3,(H,28,29). The van der Waals surface area contributed by atoms with E-state index in [0.717, 1.165) is 16.7 Å². The number of hydrogen-bond donors (Lipinski definition) is 1. The second-order valence-corrected chi connectivity index (χ2v) is 10.7. The summed E-state index contributed by atoms with van der Waals surface area (Å²) in [5.74, 6) is 0. The van der Waals surface area contributed by atoms with Crippen molar-refractivity contribution >= 4 is 29.9 Å². The smallest absolute Gasteiger partial charge is 0.465 e. The zero-order chi connectivity index (χ0) is 22.8. The first-order chi connectivity index (χ1) is 14.3. The number of fused-ring (bicyclic) bond motifs is 1. The molecule has 168 valence electrons. The molecule has 0 aliphatic carbocycles. The number of carboxylic acid groups (broad SMARTS) is 1. The minimum absolute atomic E-state index is 0.107. The van der Waals surface area contributed by atoms with Gasteiger partial charge in [-0.3, -0.25) is 0 Å². The summed E-state index contributed by atoms with van der Waals surface area (Å²) in [6, 6.07) is 3.96. The van der Waals surface area contributed by atoms with Crippen molar-refractivity contribution in [2.75, 3.05) is 24.5 Å². The van der Waals surface area contributed by atoms with E-state index < -0.39 is 24.4 Å². The summed E-state index contributed by atoms with van der Waals surface area (Å²) >= 11 is 0. The molecule has 2 aromatic heterocycles. The Balaban J connectivity index is 1.66. The summed E-state index contributed by atoms with van der Waals surface area (Å²) < 4.78 is 14.3.